The van der Waals surface area contributed by atoms with Crippen LogP contribution in [-0.4, -0.2) is 23.6 Å². The molecule has 1 rings (SSSR count). The summed E-state index contributed by atoms with van der Waals surface area (Å²) in [5, 5.41) is 11.1. The first-order valence-corrected chi connectivity index (χ1v) is 6.64. The molecule has 0 bridgehead atoms. The van der Waals surface area contributed by atoms with E-state index in [0.717, 1.165) is 5.56 Å². The van der Waals surface area contributed by atoms with Crippen molar-refractivity contribution in [3.8, 4) is 5.75 Å². The number of aryl methyl sites for hydroxylation is 1. The second-order valence-corrected chi connectivity index (χ2v) is 4.18. The van der Waals surface area contributed by atoms with E-state index in [0.29, 0.717) is 12.8 Å². The van der Waals surface area contributed by atoms with Gasteiger partial charge in [0.15, 0.2) is 11.9 Å². The van der Waals surface area contributed by atoms with Crippen molar-refractivity contribution < 1.29 is 19.2 Å². The molecule has 0 radical (unpaired) electrons. The highest BCUT2D eigenvalue weighted by Crippen LogP contribution is 2.29. The van der Waals surface area contributed by atoms with Gasteiger partial charge in [-0.1, -0.05) is 19.9 Å². The molecule has 0 aromatic heterocycles. The van der Waals surface area contributed by atoms with Crippen LogP contribution in [0.3, 0.4) is 0 Å². The third-order valence-corrected chi connectivity index (χ3v) is 2.82. The molecule has 1 atom stereocenters. The Kier molecular flexibility index (Phi) is 5.96. The Morgan fingerprint density at radius 1 is 1.35 bits per heavy atom. The standard InChI is InChI=1S/C14H19NO5/c1-4-10-7-8-13(11(9-10)15(17)18)20-12(5-2)14(16)19-6-3/h7-9,12H,4-6H2,1-3H3. The molecule has 0 aliphatic carbocycles. The second kappa shape index (κ2) is 7.47. The Morgan fingerprint density at radius 2 is 2.05 bits per heavy atom. The minimum absolute atomic E-state index is 0.0899. The highest BCUT2D eigenvalue weighted by Gasteiger charge is 2.24. The summed E-state index contributed by atoms with van der Waals surface area (Å²) in [4.78, 5) is 22.2. The van der Waals surface area contributed by atoms with Crippen molar-refractivity contribution in [1.29, 1.82) is 0 Å². The van der Waals surface area contributed by atoms with Gasteiger partial charge in [-0.25, -0.2) is 4.79 Å². The largest absolute Gasteiger partial charge is 0.472 e. The number of carbonyl (C=O) groups excluding carboxylic acids is 1. The summed E-state index contributed by atoms with van der Waals surface area (Å²) in [7, 11) is 0. The topological polar surface area (TPSA) is 78.7 Å². The Morgan fingerprint density at radius 3 is 2.55 bits per heavy atom. The molecule has 0 aliphatic rings. The molecule has 0 N–H and O–H groups in total. The lowest BCUT2D eigenvalue weighted by Gasteiger charge is -2.16. The minimum Gasteiger partial charge on any atom is -0.472 e. The van der Waals surface area contributed by atoms with Gasteiger partial charge in [0.05, 0.1) is 11.5 Å². The number of rotatable bonds is 7. The summed E-state index contributed by atoms with van der Waals surface area (Å²) >= 11 is 0. The van der Waals surface area contributed by atoms with Gasteiger partial charge in [0, 0.05) is 6.07 Å². The van der Waals surface area contributed by atoms with E-state index in [1.165, 1.54) is 12.1 Å². The van der Waals surface area contributed by atoms with Gasteiger partial charge in [-0.05, 0) is 31.4 Å². The van der Waals surface area contributed by atoms with Crippen molar-refractivity contribution in [2.75, 3.05) is 6.61 Å². The lowest BCUT2D eigenvalue weighted by molar-refractivity contribution is -0.386. The van der Waals surface area contributed by atoms with Crippen LogP contribution in [0, 0.1) is 10.1 Å². The van der Waals surface area contributed by atoms with Crippen LogP contribution in [0.5, 0.6) is 5.75 Å². The van der Waals surface area contributed by atoms with E-state index in [4.69, 9.17) is 9.47 Å². The van der Waals surface area contributed by atoms with Crippen LogP contribution in [0.1, 0.15) is 32.8 Å². The molecule has 0 saturated carbocycles. The zero-order valence-corrected chi connectivity index (χ0v) is 11.9. The van der Waals surface area contributed by atoms with Crippen LogP contribution >= 0.6 is 0 Å². The number of hydrogen-bond donors (Lipinski definition) is 0. The van der Waals surface area contributed by atoms with Crippen molar-refractivity contribution >= 4 is 11.7 Å². The van der Waals surface area contributed by atoms with Crippen LogP contribution in [-0.2, 0) is 16.0 Å². The third kappa shape index (κ3) is 3.94. The van der Waals surface area contributed by atoms with E-state index < -0.39 is 17.0 Å². The number of ether oxygens (including phenoxy) is 2. The predicted molar refractivity (Wildman–Crippen MR) is 73.8 cm³/mol. The molecule has 0 spiro atoms. The molecular weight excluding hydrogens is 262 g/mol. The molecule has 0 amide bonds. The number of hydrogen-bond acceptors (Lipinski definition) is 5. The van der Waals surface area contributed by atoms with Crippen molar-refractivity contribution in [3.05, 3.63) is 33.9 Å². The molecule has 0 fully saturated rings. The number of esters is 1. The molecule has 0 aliphatic heterocycles. The van der Waals surface area contributed by atoms with Crippen molar-refractivity contribution in [2.24, 2.45) is 0 Å². The Bertz CT molecular complexity index is 486. The number of nitrogens with zero attached hydrogens (tertiary/aromatic N) is 1. The van der Waals surface area contributed by atoms with E-state index >= 15 is 0 Å². The SMILES string of the molecule is CCOC(=O)C(CC)Oc1ccc(CC)cc1[N+](=O)[O-]. The summed E-state index contributed by atoms with van der Waals surface area (Å²) in [5.74, 6) is -0.420. The van der Waals surface area contributed by atoms with Crippen LogP contribution in [0.15, 0.2) is 18.2 Å². The lowest BCUT2D eigenvalue weighted by atomic mass is 10.1. The van der Waals surface area contributed by atoms with E-state index in [1.807, 2.05) is 6.92 Å². The number of nitro groups is 1. The fourth-order valence-corrected chi connectivity index (χ4v) is 1.71. The number of nitro benzene ring substituents is 1. The Labute approximate surface area is 117 Å². The van der Waals surface area contributed by atoms with Crippen molar-refractivity contribution in [2.45, 2.75) is 39.7 Å². The van der Waals surface area contributed by atoms with Crippen LogP contribution < -0.4 is 4.74 Å². The summed E-state index contributed by atoms with van der Waals surface area (Å²) < 4.78 is 10.3. The van der Waals surface area contributed by atoms with Gasteiger partial charge in [-0.3, -0.25) is 10.1 Å². The lowest BCUT2D eigenvalue weighted by Crippen LogP contribution is -2.28. The fourth-order valence-electron chi connectivity index (χ4n) is 1.71. The van der Waals surface area contributed by atoms with Gasteiger partial charge >= 0.3 is 11.7 Å². The fraction of sp³-hybridized carbons (Fsp3) is 0.500. The first-order valence-electron chi connectivity index (χ1n) is 6.64. The maximum Gasteiger partial charge on any atom is 0.347 e. The average Bonchev–Trinajstić information content (AvgIpc) is 2.44. The molecule has 1 unspecified atom stereocenters. The van der Waals surface area contributed by atoms with Gasteiger partial charge in [-0.15, -0.1) is 0 Å². The normalized spacial score (nSPS) is 11.8. The molecule has 0 heterocycles. The van der Waals surface area contributed by atoms with Gasteiger partial charge in [0.1, 0.15) is 0 Å². The molecular formula is C14H19NO5. The van der Waals surface area contributed by atoms with Crippen LogP contribution in [0.4, 0.5) is 5.69 Å². The van der Waals surface area contributed by atoms with E-state index in [-0.39, 0.29) is 18.0 Å². The maximum atomic E-state index is 11.7. The smallest absolute Gasteiger partial charge is 0.347 e. The maximum absolute atomic E-state index is 11.7. The first-order chi connectivity index (χ1) is 9.53. The molecule has 1 aromatic carbocycles. The van der Waals surface area contributed by atoms with Crippen molar-refractivity contribution in [1.82, 2.24) is 0 Å². The van der Waals surface area contributed by atoms with Gasteiger partial charge < -0.3 is 9.47 Å². The number of benzene rings is 1. The zero-order chi connectivity index (χ0) is 15.1. The molecule has 1 aromatic rings. The zero-order valence-electron chi connectivity index (χ0n) is 11.9. The number of carbonyl (C=O) groups is 1. The summed E-state index contributed by atoms with van der Waals surface area (Å²) in [6, 6.07) is 4.74. The second-order valence-electron chi connectivity index (χ2n) is 4.18. The Hall–Kier alpha value is -2.11. The first kappa shape index (κ1) is 15.9. The predicted octanol–water partition coefficient (Wildman–Crippen LogP) is 2.88. The average molecular weight is 281 g/mol. The molecule has 110 valence electrons. The van der Waals surface area contributed by atoms with Gasteiger partial charge in [-0.2, -0.15) is 0 Å². The van der Waals surface area contributed by atoms with Crippen LogP contribution in [0.2, 0.25) is 0 Å². The van der Waals surface area contributed by atoms with Crippen LogP contribution in [0.25, 0.3) is 0 Å². The quantitative estimate of drug-likeness (QED) is 0.436. The summed E-state index contributed by atoms with van der Waals surface area (Å²) in [5.41, 5.74) is 0.709. The summed E-state index contributed by atoms with van der Waals surface area (Å²) in [6.45, 7) is 5.61. The van der Waals surface area contributed by atoms with E-state index in [1.54, 1.807) is 19.9 Å². The molecule has 20 heavy (non-hydrogen) atoms. The van der Waals surface area contributed by atoms with Gasteiger partial charge in [0.25, 0.3) is 0 Å². The monoisotopic (exact) mass is 281 g/mol. The highest BCUT2D eigenvalue weighted by atomic mass is 16.6. The highest BCUT2D eigenvalue weighted by molar-refractivity contribution is 5.75. The molecule has 6 heteroatoms. The molecule has 6 nitrogen and oxygen atoms in total. The Balaban J connectivity index is 3.00. The molecule has 0 saturated heterocycles. The van der Waals surface area contributed by atoms with Crippen molar-refractivity contribution in [3.63, 3.8) is 0 Å². The third-order valence-electron chi connectivity index (χ3n) is 2.82. The van der Waals surface area contributed by atoms with E-state index in [2.05, 4.69) is 0 Å². The van der Waals surface area contributed by atoms with E-state index in [9.17, 15) is 14.9 Å². The summed E-state index contributed by atoms with van der Waals surface area (Å²) in [6.07, 6.45) is 0.239. The van der Waals surface area contributed by atoms with Gasteiger partial charge in [0.2, 0.25) is 0 Å². The minimum atomic E-state index is -0.832.